The van der Waals surface area contributed by atoms with Crippen LogP contribution < -0.4 is 0 Å². The first-order chi connectivity index (χ1) is 15.8. The van der Waals surface area contributed by atoms with Gasteiger partial charge in [0, 0.05) is 6.42 Å². The third-order valence-corrected chi connectivity index (χ3v) is 12.6. The maximum Gasteiger partial charge on any atom is 0.309 e. The average Bonchev–Trinajstić information content (AvgIpc) is 3.27. The van der Waals surface area contributed by atoms with E-state index in [-0.39, 0.29) is 45.8 Å². The molecule has 1 aliphatic heterocycles. The van der Waals surface area contributed by atoms with Gasteiger partial charge in [-0.1, -0.05) is 51.3 Å². The van der Waals surface area contributed by atoms with Crippen LogP contribution in [0.1, 0.15) is 113 Å². The second kappa shape index (κ2) is 7.70. The zero-order valence-corrected chi connectivity index (χ0v) is 23.0. The highest BCUT2D eigenvalue weighted by Crippen LogP contribution is 2.72. The summed E-state index contributed by atoms with van der Waals surface area (Å²) in [5.74, 6) is 1.08. The van der Waals surface area contributed by atoms with Gasteiger partial charge in [0.05, 0.1) is 12.0 Å². The summed E-state index contributed by atoms with van der Waals surface area (Å²) >= 11 is 0. The summed E-state index contributed by atoms with van der Waals surface area (Å²) in [4.78, 5) is 13.2. The lowest BCUT2D eigenvalue weighted by Crippen LogP contribution is -2.55. The number of rotatable bonds is 2. The van der Waals surface area contributed by atoms with E-state index in [2.05, 4.69) is 55.4 Å². The molecule has 3 nitrogen and oxygen atoms in total. The highest BCUT2D eigenvalue weighted by Gasteiger charge is 2.65. The summed E-state index contributed by atoms with van der Waals surface area (Å²) in [5, 5.41) is 10.8. The van der Waals surface area contributed by atoms with E-state index in [1.807, 2.05) is 0 Å². The predicted octanol–water partition coefficient (Wildman–Crippen LogP) is 7.38. The molecule has 190 valence electrons. The zero-order valence-electron chi connectivity index (χ0n) is 23.0. The van der Waals surface area contributed by atoms with Crippen LogP contribution in [0, 0.1) is 39.4 Å². The van der Waals surface area contributed by atoms with E-state index in [0.29, 0.717) is 11.8 Å². The molecule has 4 aliphatic carbocycles. The molecule has 0 aromatic rings. The summed E-state index contributed by atoms with van der Waals surface area (Å²) in [6, 6.07) is 0. The van der Waals surface area contributed by atoms with Crippen LogP contribution in [-0.4, -0.2) is 23.3 Å². The Hall–Kier alpha value is -1.09. The summed E-state index contributed by atoms with van der Waals surface area (Å²) in [5.41, 5.74) is 6.56. The third-order valence-electron chi connectivity index (χ3n) is 12.6. The Balaban J connectivity index is 1.48. The fraction of sp³-hybridized carbons (Fsp3) is 0.839. The van der Waals surface area contributed by atoms with Crippen LogP contribution in [0.25, 0.3) is 0 Å². The first kappa shape index (κ1) is 24.6. The van der Waals surface area contributed by atoms with Crippen molar-refractivity contribution in [2.75, 3.05) is 0 Å². The van der Waals surface area contributed by atoms with E-state index in [9.17, 15) is 9.90 Å². The number of cyclic esters (lactones) is 1. The van der Waals surface area contributed by atoms with Crippen molar-refractivity contribution in [1.29, 1.82) is 0 Å². The van der Waals surface area contributed by atoms with Crippen molar-refractivity contribution in [3.05, 3.63) is 22.3 Å². The molecule has 0 bridgehead atoms. The van der Waals surface area contributed by atoms with Crippen LogP contribution in [-0.2, 0) is 9.53 Å². The van der Waals surface area contributed by atoms with Crippen molar-refractivity contribution in [2.45, 2.75) is 125 Å². The van der Waals surface area contributed by atoms with Gasteiger partial charge in [-0.3, -0.25) is 4.79 Å². The fourth-order valence-electron chi connectivity index (χ4n) is 9.88. The molecule has 3 fully saturated rings. The number of aliphatic hydroxyl groups is 1. The highest BCUT2D eigenvalue weighted by molar-refractivity contribution is 5.76. The van der Waals surface area contributed by atoms with Gasteiger partial charge >= 0.3 is 5.97 Å². The van der Waals surface area contributed by atoms with Gasteiger partial charge in [0.15, 0.2) is 0 Å². The van der Waals surface area contributed by atoms with E-state index < -0.39 is 0 Å². The Morgan fingerprint density at radius 3 is 2.29 bits per heavy atom. The first-order valence-electron chi connectivity index (χ1n) is 14.0. The van der Waals surface area contributed by atoms with Gasteiger partial charge in [-0.2, -0.15) is 0 Å². The van der Waals surface area contributed by atoms with E-state index in [4.69, 9.17) is 4.74 Å². The molecule has 5 aliphatic rings. The Morgan fingerprint density at radius 2 is 1.62 bits per heavy atom. The number of hydrogen-bond donors (Lipinski definition) is 1. The lowest BCUT2D eigenvalue weighted by molar-refractivity contribution is -0.146. The van der Waals surface area contributed by atoms with E-state index in [1.165, 1.54) is 43.3 Å². The minimum absolute atomic E-state index is 0.0171. The number of esters is 1. The lowest BCUT2D eigenvalue weighted by atomic mass is 9.43. The maximum atomic E-state index is 13.2. The van der Waals surface area contributed by atoms with E-state index in [0.717, 1.165) is 25.7 Å². The van der Waals surface area contributed by atoms with Crippen molar-refractivity contribution >= 4 is 5.97 Å². The summed E-state index contributed by atoms with van der Waals surface area (Å²) in [6.07, 6.45) is 9.79. The van der Waals surface area contributed by atoms with Gasteiger partial charge in [-0.05, 0) is 111 Å². The number of fused-ring (bicyclic) bond motifs is 4. The normalized spacial score (nSPS) is 47.6. The molecule has 1 heterocycles. The van der Waals surface area contributed by atoms with E-state index >= 15 is 0 Å². The molecule has 1 unspecified atom stereocenters. The number of carbonyl (C=O) groups excluding carboxylic acids is 1. The van der Waals surface area contributed by atoms with Crippen molar-refractivity contribution in [3.8, 4) is 0 Å². The molecule has 0 aromatic carbocycles. The first-order valence-corrected chi connectivity index (χ1v) is 14.0. The van der Waals surface area contributed by atoms with Crippen LogP contribution in [0.2, 0.25) is 0 Å². The third kappa shape index (κ3) is 3.07. The van der Waals surface area contributed by atoms with Gasteiger partial charge in [0.2, 0.25) is 0 Å². The molecule has 1 saturated heterocycles. The van der Waals surface area contributed by atoms with Crippen LogP contribution >= 0.6 is 0 Å². The molecule has 0 amide bonds. The predicted molar refractivity (Wildman–Crippen MR) is 137 cm³/mol. The van der Waals surface area contributed by atoms with Gasteiger partial charge < -0.3 is 9.84 Å². The van der Waals surface area contributed by atoms with Gasteiger partial charge in [-0.25, -0.2) is 0 Å². The Bertz CT molecular complexity index is 952. The van der Waals surface area contributed by atoms with Gasteiger partial charge in [0.25, 0.3) is 0 Å². The zero-order chi connectivity index (χ0) is 24.8. The molecule has 1 N–H and O–H groups in total. The minimum Gasteiger partial charge on any atom is -0.458 e. The summed E-state index contributed by atoms with van der Waals surface area (Å²) in [6.45, 7) is 18.6. The number of aliphatic hydroxyl groups excluding tert-OH is 1. The van der Waals surface area contributed by atoms with Crippen molar-refractivity contribution in [2.24, 2.45) is 39.4 Å². The second-order valence-electron chi connectivity index (χ2n) is 14.2. The molecular formula is C31H48O3. The number of ether oxygens (including phenoxy) is 1. The smallest absolute Gasteiger partial charge is 0.309 e. The van der Waals surface area contributed by atoms with Gasteiger partial charge in [-0.15, -0.1) is 0 Å². The highest BCUT2D eigenvalue weighted by atomic mass is 16.6. The van der Waals surface area contributed by atoms with Crippen LogP contribution in [0.4, 0.5) is 0 Å². The Labute approximate surface area is 207 Å². The standard InChI is InChI=1S/C31H48O3/c1-18(2)19(3)24-17-20(27(33)34-24)21-11-15-31(8)23-9-10-25-28(4,5)26(32)13-14-29(25,6)22(23)12-16-30(21,31)7/h20-21,24-26,32H,9-17H2,1-8H3/t20?,21-,24-,25+,26+,29-,30-,31+/m1/s1. The van der Waals surface area contributed by atoms with Crippen LogP contribution in [0.3, 0.4) is 0 Å². The monoisotopic (exact) mass is 468 g/mol. The molecule has 8 atom stereocenters. The van der Waals surface area contributed by atoms with Crippen LogP contribution in [0.5, 0.6) is 0 Å². The molecule has 5 rings (SSSR count). The largest absolute Gasteiger partial charge is 0.458 e. The van der Waals surface area contributed by atoms with Crippen molar-refractivity contribution < 1.29 is 14.6 Å². The fourth-order valence-corrected chi connectivity index (χ4v) is 9.88. The minimum atomic E-state index is -0.182. The second-order valence-corrected chi connectivity index (χ2v) is 14.2. The quantitative estimate of drug-likeness (QED) is 0.339. The Kier molecular flexibility index (Phi) is 5.57. The molecular weight excluding hydrogens is 420 g/mol. The Morgan fingerprint density at radius 1 is 0.912 bits per heavy atom. The summed E-state index contributed by atoms with van der Waals surface area (Å²) in [7, 11) is 0. The van der Waals surface area contributed by atoms with Crippen molar-refractivity contribution in [3.63, 3.8) is 0 Å². The molecule has 0 radical (unpaired) electrons. The van der Waals surface area contributed by atoms with E-state index in [1.54, 1.807) is 11.1 Å². The van der Waals surface area contributed by atoms with Crippen LogP contribution in [0.15, 0.2) is 22.3 Å². The van der Waals surface area contributed by atoms with Crippen molar-refractivity contribution in [1.82, 2.24) is 0 Å². The summed E-state index contributed by atoms with van der Waals surface area (Å²) < 4.78 is 5.96. The molecule has 3 heteroatoms. The SMILES string of the molecule is CC(C)=C(C)[C@H]1CC([C@H]2CC[C@@]3(C)C4=C(CC[C@]23C)[C@@]2(C)CC[C@H](O)C(C)(C)[C@@H]2CC4)C(=O)O1. The topological polar surface area (TPSA) is 46.5 Å². The molecule has 0 aromatic heterocycles. The average molecular weight is 469 g/mol. The molecule has 2 saturated carbocycles. The number of hydrogen-bond acceptors (Lipinski definition) is 3. The lowest BCUT2D eigenvalue weighted by Gasteiger charge is -2.62. The van der Waals surface area contributed by atoms with Gasteiger partial charge in [0.1, 0.15) is 6.10 Å². The molecule has 0 spiro atoms. The number of carbonyl (C=O) groups is 1. The number of allylic oxidation sites excluding steroid dienone is 3. The molecule has 34 heavy (non-hydrogen) atoms. The maximum absolute atomic E-state index is 13.2.